The topological polar surface area (TPSA) is 140 Å². The zero-order valence-corrected chi connectivity index (χ0v) is 30.4. The van der Waals surface area contributed by atoms with Crippen LogP contribution in [0.1, 0.15) is 58.6 Å². The van der Waals surface area contributed by atoms with Crippen LogP contribution in [0, 0.1) is 6.92 Å². The Kier molecular flexibility index (Phi) is 12.4. The van der Waals surface area contributed by atoms with Crippen LogP contribution in [0.2, 0.25) is 0 Å². The zero-order valence-electron chi connectivity index (χ0n) is 30.4. The number of nitrogens with one attached hydrogen (secondary N) is 3. The molecule has 1 aliphatic rings. The third-order valence-corrected chi connectivity index (χ3v) is 10.0. The molecule has 5 aromatic rings. The van der Waals surface area contributed by atoms with E-state index in [1.165, 1.54) is 0 Å². The van der Waals surface area contributed by atoms with Crippen LogP contribution in [0.3, 0.4) is 0 Å². The fourth-order valence-corrected chi connectivity index (χ4v) is 7.30. The highest BCUT2D eigenvalue weighted by atomic mass is 16.5. The van der Waals surface area contributed by atoms with Crippen molar-refractivity contribution in [3.63, 3.8) is 0 Å². The third-order valence-electron chi connectivity index (χ3n) is 10.0. The Morgan fingerprint density at radius 3 is 1.81 bits per heavy atom. The number of carbonyl (C=O) groups is 4. The van der Waals surface area contributed by atoms with Gasteiger partial charge in [-0.2, -0.15) is 0 Å². The number of benzene rings is 5. The Labute approximate surface area is 316 Å². The highest BCUT2D eigenvalue weighted by Gasteiger charge is 2.36. The quantitative estimate of drug-likeness (QED) is 0.0429. The first-order valence-corrected chi connectivity index (χ1v) is 18.4. The van der Waals surface area contributed by atoms with Crippen molar-refractivity contribution in [3.05, 3.63) is 167 Å². The average molecular weight is 723 g/mol. The van der Waals surface area contributed by atoms with Gasteiger partial charge < -0.3 is 21.1 Å². The number of carbonyl (C=O) groups excluding carboxylic acids is 4. The Morgan fingerprint density at radius 2 is 1.24 bits per heavy atom. The number of amides is 2. The Morgan fingerprint density at radius 1 is 0.704 bits per heavy atom. The van der Waals surface area contributed by atoms with Crippen molar-refractivity contribution >= 4 is 23.6 Å². The predicted molar refractivity (Wildman–Crippen MR) is 209 cm³/mol. The van der Waals surface area contributed by atoms with Crippen molar-refractivity contribution in [2.75, 3.05) is 26.2 Å². The lowest BCUT2D eigenvalue weighted by molar-refractivity contribution is -0.153. The van der Waals surface area contributed by atoms with Gasteiger partial charge in [0.05, 0.1) is 18.6 Å². The van der Waals surface area contributed by atoms with E-state index in [1.807, 2.05) is 84.9 Å². The van der Waals surface area contributed by atoms with Crippen LogP contribution < -0.4 is 21.7 Å². The van der Waals surface area contributed by atoms with E-state index < -0.39 is 41.7 Å². The molecule has 0 bridgehead atoms. The Hall–Kier alpha value is -5.90. The minimum absolute atomic E-state index is 0.00446. The van der Waals surface area contributed by atoms with E-state index in [-0.39, 0.29) is 19.1 Å². The molecule has 9 nitrogen and oxygen atoms in total. The summed E-state index contributed by atoms with van der Waals surface area (Å²) in [6, 6.07) is 44.0. The van der Waals surface area contributed by atoms with Crippen molar-refractivity contribution < 1.29 is 23.9 Å². The molecule has 5 N–H and O–H groups in total. The number of rotatable bonds is 17. The summed E-state index contributed by atoms with van der Waals surface area (Å²) in [5.41, 5.74) is 13.6. The van der Waals surface area contributed by atoms with Gasteiger partial charge in [-0.05, 0) is 71.7 Å². The summed E-state index contributed by atoms with van der Waals surface area (Å²) in [4.78, 5) is 51.2. The molecule has 0 saturated heterocycles. The number of Topliss-reactive ketones (excluding diaryl/α,β-unsaturated/α-hetero) is 1. The second-order valence-corrected chi connectivity index (χ2v) is 13.6. The van der Waals surface area contributed by atoms with E-state index in [9.17, 15) is 19.2 Å². The summed E-state index contributed by atoms with van der Waals surface area (Å²) in [5, 5.41) is 9.04. The highest BCUT2D eigenvalue weighted by molar-refractivity contribution is 6.34. The van der Waals surface area contributed by atoms with Gasteiger partial charge in [0.25, 0.3) is 5.78 Å². The Balaban J connectivity index is 1.06. The molecule has 276 valence electrons. The fourth-order valence-electron chi connectivity index (χ4n) is 7.30. The van der Waals surface area contributed by atoms with Crippen molar-refractivity contribution in [2.45, 2.75) is 43.7 Å². The SMILES string of the molecule is Cc1ccc(C(NCCCC[C@H](NC(=O)CN)C(=O)NCC(=O)C(=O)OCC2c3ccccc3-c3ccccc32)(c2ccccc2)c2ccccc2)cc1. The average Bonchev–Trinajstić information content (AvgIpc) is 3.54. The van der Waals surface area contributed by atoms with Crippen LogP contribution in [0.15, 0.2) is 133 Å². The molecule has 0 heterocycles. The molecule has 1 aliphatic carbocycles. The molecule has 2 amide bonds. The first kappa shape index (κ1) is 37.8. The lowest BCUT2D eigenvalue weighted by Gasteiger charge is -2.37. The first-order chi connectivity index (χ1) is 26.3. The van der Waals surface area contributed by atoms with Crippen molar-refractivity contribution in [1.82, 2.24) is 16.0 Å². The van der Waals surface area contributed by atoms with Crippen LogP contribution in [0.25, 0.3) is 11.1 Å². The molecular weight excluding hydrogens is 677 g/mol. The van der Waals surface area contributed by atoms with Crippen molar-refractivity contribution in [3.8, 4) is 11.1 Å². The summed E-state index contributed by atoms with van der Waals surface area (Å²) < 4.78 is 5.46. The number of ketones is 1. The van der Waals surface area contributed by atoms with E-state index >= 15 is 0 Å². The third kappa shape index (κ3) is 8.49. The van der Waals surface area contributed by atoms with Crippen LogP contribution in [0.5, 0.6) is 0 Å². The number of aryl methyl sites for hydroxylation is 1. The Bertz CT molecular complexity index is 1980. The molecule has 1 atom stereocenters. The molecule has 54 heavy (non-hydrogen) atoms. The van der Waals surface area contributed by atoms with Gasteiger partial charge in [0.2, 0.25) is 11.8 Å². The summed E-state index contributed by atoms with van der Waals surface area (Å²) in [5.74, 6) is -3.18. The van der Waals surface area contributed by atoms with Crippen LogP contribution in [-0.2, 0) is 29.5 Å². The van der Waals surface area contributed by atoms with Gasteiger partial charge in [-0.15, -0.1) is 0 Å². The second kappa shape index (κ2) is 17.7. The summed E-state index contributed by atoms with van der Waals surface area (Å²) in [6.45, 7) is 1.81. The molecule has 0 radical (unpaired) electrons. The lowest BCUT2D eigenvalue weighted by Crippen LogP contribution is -2.50. The van der Waals surface area contributed by atoms with Gasteiger partial charge in [0.15, 0.2) is 0 Å². The van der Waals surface area contributed by atoms with E-state index in [1.54, 1.807) is 0 Å². The van der Waals surface area contributed by atoms with E-state index in [4.69, 9.17) is 10.5 Å². The maximum atomic E-state index is 13.3. The van der Waals surface area contributed by atoms with Gasteiger partial charge in [0.1, 0.15) is 12.6 Å². The minimum atomic E-state index is -1.03. The summed E-state index contributed by atoms with van der Waals surface area (Å²) in [7, 11) is 0. The van der Waals surface area contributed by atoms with Gasteiger partial charge in [0, 0.05) is 5.92 Å². The van der Waals surface area contributed by atoms with Gasteiger partial charge in [-0.3, -0.25) is 19.7 Å². The molecule has 0 fully saturated rings. The van der Waals surface area contributed by atoms with Gasteiger partial charge in [-0.25, -0.2) is 4.79 Å². The van der Waals surface area contributed by atoms with Gasteiger partial charge >= 0.3 is 5.97 Å². The number of esters is 1. The van der Waals surface area contributed by atoms with Crippen molar-refractivity contribution in [1.29, 1.82) is 0 Å². The minimum Gasteiger partial charge on any atom is -0.459 e. The molecular formula is C45H46N4O5. The smallest absolute Gasteiger partial charge is 0.376 e. The fraction of sp³-hybridized carbons (Fsp3) is 0.244. The van der Waals surface area contributed by atoms with Crippen LogP contribution >= 0.6 is 0 Å². The zero-order chi connectivity index (χ0) is 37.9. The van der Waals surface area contributed by atoms with E-state index in [2.05, 4.69) is 71.4 Å². The van der Waals surface area contributed by atoms with Crippen LogP contribution in [-0.4, -0.2) is 55.8 Å². The second-order valence-electron chi connectivity index (χ2n) is 13.6. The lowest BCUT2D eigenvalue weighted by atomic mass is 9.76. The number of hydrogen-bond acceptors (Lipinski definition) is 7. The predicted octanol–water partition coefficient (Wildman–Crippen LogP) is 5.53. The molecule has 9 heteroatoms. The number of fused-ring (bicyclic) bond motifs is 3. The molecule has 5 aromatic carbocycles. The summed E-state index contributed by atoms with van der Waals surface area (Å²) in [6.07, 6.45) is 1.55. The molecule has 0 aliphatic heterocycles. The molecule has 0 aromatic heterocycles. The van der Waals surface area contributed by atoms with Crippen LogP contribution in [0.4, 0.5) is 0 Å². The number of hydrogen-bond donors (Lipinski definition) is 4. The standard InChI is InChI=1S/C45H46N4O5/c1-31-23-25-34(26-24-31)45(32-14-4-2-5-15-32,33-16-6-3-7-17-33)48-27-13-12-22-40(49-42(51)28-46)43(52)47-29-41(50)44(53)54-30-39-37-20-10-8-18-35(37)36-19-9-11-21-38(36)39/h2-11,14-21,23-26,39-40,48H,12-13,22,27-30,46H2,1H3,(H,47,52)(H,49,51)/t40-/m0/s1. The number of nitrogens with two attached hydrogens (primary N) is 1. The maximum Gasteiger partial charge on any atom is 0.376 e. The monoisotopic (exact) mass is 722 g/mol. The van der Waals surface area contributed by atoms with Gasteiger partial charge in [-0.1, -0.05) is 139 Å². The molecule has 0 spiro atoms. The normalized spacial score (nSPS) is 12.6. The molecule has 0 saturated carbocycles. The first-order valence-electron chi connectivity index (χ1n) is 18.4. The largest absolute Gasteiger partial charge is 0.459 e. The number of unbranched alkanes of at least 4 members (excludes halogenated alkanes) is 1. The van der Waals surface area contributed by atoms with Crippen molar-refractivity contribution in [2.24, 2.45) is 5.73 Å². The number of ether oxygens (including phenoxy) is 1. The van der Waals surface area contributed by atoms with E-state index in [0.717, 1.165) is 44.5 Å². The molecule has 6 rings (SSSR count). The maximum absolute atomic E-state index is 13.3. The highest BCUT2D eigenvalue weighted by Crippen LogP contribution is 2.44. The molecule has 0 unspecified atom stereocenters. The van der Waals surface area contributed by atoms with E-state index in [0.29, 0.717) is 25.8 Å². The summed E-state index contributed by atoms with van der Waals surface area (Å²) >= 11 is 0.